The van der Waals surface area contributed by atoms with Crippen LogP contribution >= 0.6 is 0 Å². The third kappa shape index (κ3) is 3.43. The van der Waals surface area contributed by atoms with Gasteiger partial charge in [0, 0.05) is 25.6 Å². The van der Waals surface area contributed by atoms with Crippen molar-refractivity contribution in [3.63, 3.8) is 0 Å². The smallest absolute Gasteiger partial charge is 0.326 e. The minimum absolute atomic E-state index is 0.0229. The maximum absolute atomic E-state index is 11.9. The second-order valence-electron chi connectivity index (χ2n) is 4.92. The molecule has 96 valence electrons. The quantitative estimate of drug-likeness (QED) is 0.738. The Bertz CT molecular complexity index is 302. The van der Waals surface area contributed by atoms with E-state index < -0.39 is 12.0 Å². The lowest BCUT2D eigenvalue weighted by Gasteiger charge is -2.33. The first-order chi connectivity index (χ1) is 8.18. The molecule has 1 amide bonds. The number of nitrogens with zero attached hydrogens (tertiary/aromatic N) is 1. The minimum Gasteiger partial charge on any atom is -0.480 e. The summed E-state index contributed by atoms with van der Waals surface area (Å²) >= 11 is 0. The summed E-state index contributed by atoms with van der Waals surface area (Å²) < 4.78 is 0. The van der Waals surface area contributed by atoms with Gasteiger partial charge in [0.1, 0.15) is 6.04 Å². The lowest BCUT2D eigenvalue weighted by molar-refractivity contribution is -0.152. The molecule has 1 atom stereocenters. The van der Waals surface area contributed by atoms with Gasteiger partial charge < -0.3 is 15.3 Å². The number of amides is 1. The molecular weight excluding hydrogens is 220 g/mol. The molecule has 1 unspecified atom stereocenters. The summed E-state index contributed by atoms with van der Waals surface area (Å²) in [4.78, 5) is 24.5. The lowest BCUT2D eigenvalue weighted by atomic mass is 10.0. The topological polar surface area (TPSA) is 69.6 Å². The fraction of sp³-hybridized carbons (Fsp3) is 0.833. The molecule has 2 N–H and O–H groups in total. The molecule has 2 rings (SSSR count). The zero-order chi connectivity index (χ0) is 12.3. The molecule has 5 nitrogen and oxygen atoms in total. The molecule has 0 aromatic rings. The van der Waals surface area contributed by atoms with Gasteiger partial charge in [0.05, 0.1) is 0 Å². The number of hydrogen-bond acceptors (Lipinski definition) is 3. The molecule has 1 saturated carbocycles. The van der Waals surface area contributed by atoms with Crippen molar-refractivity contribution >= 4 is 11.9 Å². The average Bonchev–Trinajstić information content (AvgIpc) is 3.13. The van der Waals surface area contributed by atoms with E-state index >= 15 is 0 Å². The van der Waals surface area contributed by atoms with Crippen LogP contribution in [0.3, 0.4) is 0 Å². The highest BCUT2D eigenvalue weighted by Gasteiger charge is 2.31. The van der Waals surface area contributed by atoms with Crippen LogP contribution in [0, 0.1) is 0 Å². The number of rotatable bonds is 5. The van der Waals surface area contributed by atoms with Gasteiger partial charge in [0.25, 0.3) is 0 Å². The van der Waals surface area contributed by atoms with E-state index in [2.05, 4.69) is 5.32 Å². The van der Waals surface area contributed by atoms with E-state index in [0.717, 1.165) is 12.8 Å². The highest BCUT2D eigenvalue weighted by atomic mass is 16.4. The van der Waals surface area contributed by atoms with Gasteiger partial charge in [-0.1, -0.05) is 0 Å². The van der Waals surface area contributed by atoms with Gasteiger partial charge >= 0.3 is 5.97 Å². The number of aliphatic carboxylic acids is 1. The molecule has 17 heavy (non-hydrogen) atoms. The van der Waals surface area contributed by atoms with Crippen molar-refractivity contribution in [3.8, 4) is 0 Å². The highest BCUT2D eigenvalue weighted by molar-refractivity contribution is 5.83. The number of carbonyl (C=O) groups excluding carboxylic acids is 1. The van der Waals surface area contributed by atoms with E-state index in [9.17, 15) is 9.59 Å². The SMILES string of the molecule is O=C(O)C1CCCCN1C(=O)CCNC1CC1. The van der Waals surface area contributed by atoms with Gasteiger partial charge in [0.2, 0.25) is 5.91 Å². The second-order valence-corrected chi connectivity index (χ2v) is 4.92. The van der Waals surface area contributed by atoms with Crippen molar-refractivity contribution in [1.82, 2.24) is 10.2 Å². The van der Waals surface area contributed by atoms with E-state index in [-0.39, 0.29) is 5.91 Å². The summed E-state index contributed by atoms with van der Waals surface area (Å²) in [5, 5.41) is 12.3. The van der Waals surface area contributed by atoms with Crippen LogP contribution in [0.15, 0.2) is 0 Å². The Labute approximate surface area is 101 Å². The monoisotopic (exact) mass is 240 g/mol. The van der Waals surface area contributed by atoms with Crippen LogP contribution in [0.5, 0.6) is 0 Å². The standard InChI is InChI=1S/C12H20N2O3/c15-11(6-7-13-9-4-5-9)14-8-2-1-3-10(14)12(16)17/h9-10,13H,1-8H2,(H,16,17). The van der Waals surface area contributed by atoms with E-state index in [4.69, 9.17) is 5.11 Å². The van der Waals surface area contributed by atoms with Crippen LogP contribution in [0.25, 0.3) is 0 Å². The maximum atomic E-state index is 11.9. The molecule has 0 radical (unpaired) electrons. The van der Waals surface area contributed by atoms with E-state index in [1.54, 1.807) is 4.90 Å². The zero-order valence-electron chi connectivity index (χ0n) is 10.0. The summed E-state index contributed by atoms with van der Waals surface area (Å²) in [5.74, 6) is -0.890. The summed E-state index contributed by atoms with van der Waals surface area (Å²) in [6.45, 7) is 1.27. The van der Waals surface area contributed by atoms with Crippen LogP contribution in [0.2, 0.25) is 0 Å². The van der Waals surface area contributed by atoms with Crippen LogP contribution in [0.1, 0.15) is 38.5 Å². The minimum atomic E-state index is -0.867. The highest BCUT2D eigenvalue weighted by Crippen LogP contribution is 2.20. The number of carboxylic acid groups (broad SMARTS) is 1. The van der Waals surface area contributed by atoms with Crippen molar-refractivity contribution in [3.05, 3.63) is 0 Å². The molecule has 0 aromatic carbocycles. The number of carboxylic acids is 1. The van der Waals surface area contributed by atoms with E-state index in [1.165, 1.54) is 12.8 Å². The van der Waals surface area contributed by atoms with Crippen LogP contribution in [-0.2, 0) is 9.59 Å². The molecule has 1 heterocycles. The predicted molar refractivity (Wildman–Crippen MR) is 62.6 cm³/mol. The van der Waals surface area contributed by atoms with Gasteiger partial charge in [0.15, 0.2) is 0 Å². The maximum Gasteiger partial charge on any atom is 0.326 e. The second kappa shape index (κ2) is 5.49. The van der Waals surface area contributed by atoms with E-state index in [0.29, 0.717) is 32.0 Å². The number of carbonyl (C=O) groups is 2. The molecule has 0 bridgehead atoms. The van der Waals surface area contributed by atoms with Crippen molar-refractivity contribution < 1.29 is 14.7 Å². The van der Waals surface area contributed by atoms with Crippen LogP contribution < -0.4 is 5.32 Å². The third-order valence-corrected chi connectivity index (χ3v) is 3.46. The molecule has 1 saturated heterocycles. The van der Waals surface area contributed by atoms with Gasteiger partial charge in [-0.2, -0.15) is 0 Å². The molecule has 0 spiro atoms. The Balaban J connectivity index is 1.79. The number of hydrogen-bond donors (Lipinski definition) is 2. The lowest BCUT2D eigenvalue weighted by Crippen LogP contribution is -2.48. The first-order valence-corrected chi connectivity index (χ1v) is 6.44. The Morgan fingerprint density at radius 2 is 2.00 bits per heavy atom. The molecule has 5 heteroatoms. The Morgan fingerprint density at radius 1 is 1.24 bits per heavy atom. The Morgan fingerprint density at radius 3 is 2.65 bits per heavy atom. The first kappa shape index (κ1) is 12.4. The molecular formula is C12H20N2O3. The fourth-order valence-corrected chi connectivity index (χ4v) is 2.30. The Hall–Kier alpha value is -1.10. The number of nitrogens with one attached hydrogen (secondary N) is 1. The number of piperidine rings is 1. The average molecular weight is 240 g/mol. The molecule has 1 aliphatic carbocycles. The summed E-state index contributed by atoms with van der Waals surface area (Å²) in [5.41, 5.74) is 0. The molecule has 2 fully saturated rings. The van der Waals surface area contributed by atoms with Gasteiger partial charge in [-0.3, -0.25) is 4.79 Å². The molecule has 1 aliphatic heterocycles. The molecule has 0 aromatic heterocycles. The van der Waals surface area contributed by atoms with Crippen molar-refractivity contribution in [2.75, 3.05) is 13.1 Å². The Kier molecular flexibility index (Phi) is 3.99. The zero-order valence-corrected chi connectivity index (χ0v) is 10.0. The van der Waals surface area contributed by atoms with E-state index in [1.807, 2.05) is 0 Å². The summed E-state index contributed by atoms with van der Waals surface area (Å²) in [6.07, 6.45) is 5.25. The van der Waals surface area contributed by atoms with Gasteiger partial charge in [-0.25, -0.2) is 4.79 Å². The molecule has 2 aliphatic rings. The fourth-order valence-electron chi connectivity index (χ4n) is 2.30. The van der Waals surface area contributed by atoms with Crippen molar-refractivity contribution in [2.45, 2.75) is 50.6 Å². The normalized spacial score (nSPS) is 24.7. The van der Waals surface area contributed by atoms with Crippen LogP contribution in [-0.4, -0.2) is 47.1 Å². The largest absolute Gasteiger partial charge is 0.480 e. The summed E-state index contributed by atoms with van der Waals surface area (Å²) in [6, 6.07) is -0.00315. The van der Waals surface area contributed by atoms with Gasteiger partial charge in [-0.05, 0) is 32.1 Å². The third-order valence-electron chi connectivity index (χ3n) is 3.46. The first-order valence-electron chi connectivity index (χ1n) is 6.44. The van der Waals surface area contributed by atoms with Crippen molar-refractivity contribution in [2.24, 2.45) is 0 Å². The van der Waals surface area contributed by atoms with Gasteiger partial charge in [-0.15, -0.1) is 0 Å². The summed E-state index contributed by atoms with van der Waals surface area (Å²) in [7, 11) is 0. The number of likely N-dealkylation sites (tertiary alicyclic amines) is 1. The van der Waals surface area contributed by atoms with Crippen LogP contribution in [0.4, 0.5) is 0 Å². The predicted octanol–water partition coefficient (Wildman–Crippen LogP) is 0.594. The van der Waals surface area contributed by atoms with Crippen molar-refractivity contribution in [1.29, 1.82) is 0 Å².